The first-order valence-corrected chi connectivity index (χ1v) is 16.9. The molecule has 0 N–H and O–H groups in total. The maximum absolute atomic E-state index is 6.93. The van der Waals surface area contributed by atoms with Crippen molar-refractivity contribution in [3.8, 4) is 28.5 Å². The Kier molecular flexibility index (Phi) is 5.69. The number of fused-ring (bicyclic) bond motifs is 12. The number of hydrogen-bond acceptors (Lipinski definition) is 5. The Bertz CT molecular complexity index is 2920. The summed E-state index contributed by atoms with van der Waals surface area (Å²) in [5.41, 5.74) is 12.2. The average Bonchev–Trinajstić information content (AvgIpc) is 3.74. The number of benzene rings is 6. The molecule has 6 nitrogen and oxygen atoms in total. The van der Waals surface area contributed by atoms with Gasteiger partial charge in [0.05, 0.1) is 11.0 Å². The van der Waals surface area contributed by atoms with Crippen molar-refractivity contribution in [3.05, 3.63) is 162 Å². The highest BCUT2D eigenvalue weighted by Gasteiger charge is 2.26. The normalized spacial score (nSPS) is 12.6. The molecule has 0 saturated heterocycles. The van der Waals surface area contributed by atoms with Gasteiger partial charge < -0.3 is 8.98 Å². The van der Waals surface area contributed by atoms with Gasteiger partial charge in [-0.2, -0.15) is 0 Å². The average molecular weight is 642 g/mol. The maximum Gasteiger partial charge on any atom is 0.160 e. The molecule has 0 amide bonds. The zero-order valence-electron chi connectivity index (χ0n) is 26.8. The topological polar surface area (TPSA) is 69.6 Å². The minimum Gasteiger partial charge on any atom is -0.454 e. The number of nitrogens with zero attached hydrogens (tertiary/aromatic N) is 5. The number of aromatic nitrogens is 5. The number of rotatable bonds is 3. The molecular formula is C44H27N5O. The Labute approximate surface area is 286 Å². The summed E-state index contributed by atoms with van der Waals surface area (Å²) in [5, 5.41) is 7.08. The van der Waals surface area contributed by atoms with E-state index in [1.165, 1.54) is 43.8 Å². The van der Waals surface area contributed by atoms with E-state index >= 15 is 0 Å². The van der Waals surface area contributed by atoms with E-state index in [2.05, 4.69) is 122 Å². The molecule has 1 aliphatic carbocycles. The summed E-state index contributed by atoms with van der Waals surface area (Å²) < 4.78 is 9.28. The Morgan fingerprint density at radius 1 is 0.480 bits per heavy atom. The van der Waals surface area contributed by atoms with Crippen LogP contribution in [0.5, 0.6) is 0 Å². The Balaban J connectivity index is 1.31. The van der Waals surface area contributed by atoms with Gasteiger partial charge in [0.2, 0.25) is 0 Å². The van der Waals surface area contributed by atoms with Crippen molar-refractivity contribution in [2.45, 2.75) is 12.8 Å². The fourth-order valence-electron chi connectivity index (χ4n) is 8.12. The minimum absolute atomic E-state index is 0.638. The third-order valence-electron chi connectivity index (χ3n) is 10.3. The molecule has 4 heterocycles. The zero-order valence-corrected chi connectivity index (χ0v) is 26.8. The molecule has 4 aromatic heterocycles. The van der Waals surface area contributed by atoms with Gasteiger partial charge in [-0.3, -0.25) is 0 Å². The molecule has 0 saturated carbocycles. The summed E-state index contributed by atoms with van der Waals surface area (Å²) in [7, 11) is 0. The first-order valence-electron chi connectivity index (χ1n) is 16.9. The molecular weight excluding hydrogens is 615 g/mol. The Morgan fingerprint density at radius 2 is 1.04 bits per heavy atom. The van der Waals surface area contributed by atoms with Crippen molar-refractivity contribution in [2.24, 2.45) is 0 Å². The number of hydrogen-bond donors (Lipinski definition) is 0. The second-order valence-electron chi connectivity index (χ2n) is 13.1. The van der Waals surface area contributed by atoms with E-state index in [4.69, 9.17) is 4.42 Å². The van der Waals surface area contributed by atoms with Crippen LogP contribution in [-0.2, 0) is 12.8 Å². The summed E-state index contributed by atoms with van der Waals surface area (Å²) in [6.45, 7) is 0. The molecule has 0 aliphatic heterocycles. The summed E-state index contributed by atoms with van der Waals surface area (Å²) in [6.07, 6.45) is 8.95. The molecule has 50 heavy (non-hydrogen) atoms. The van der Waals surface area contributed by atoms with Gasteiger partial charge in [-0.05, 0) is 100 Å². The van der Waals surface area contributed by atoms with Gasteiger partial charge in [0.25, 0.3) is 0 Å². The zero-order chi connectivity index (χ0) is 32.8. The van der Waals surface area contributed by atoms with Crippen molar-refractivity contribution >= 4 is 54.5 Å². The minimum atomic E-state index is 0.638. The molecule has 0 bridgehead atoms. The van der Waals surface area contributed by atoms with E-state index < -0.39 is 0 Å². The first kappa shape index (κ1) is 27.3. The standard InChI is InChI=1S/C44H27N5O/c1-2-10-27-20-29-25-36-35(24-28(29)19-26(27)9-1)39-33-11-3-5-13-37(33)49(41(39)42-40(36)34-12-4-6-14-38(34)50-42)32-22-30(43-45-15-7-16-46-43)21-31(23-32)44-47-17-8-18-48-44/h1-18,21-25H,19-20H2. The lowest BCUT2D eigenvalue weighted by molar-refractivity contribution is 0.671. The molecule has 0 radical (unpaired) electrons. The van der Waals surface area contributed by atoms with Crippen LogP contribution in [0, 0.1) is 0 Å². The van der Waals surface area contributed by atoms with Crippen LogP contribution in [0.3, 0.4) is 0 Å². The van der Waals surface area contributed by atoms with Crippen LogP contribution < -0.4 is 0 Å². The monoisotopic (exact) mass is 641 g/mol. The van der Waals surface area contributed by atoms with E-state index in [0.717, 1.165) is 62.6 Å². The number of furan rings is 1. The van der Waals surface area contributed by atoms with Crippen LogP contribution in [0.2, 0.25) is 0 Å². The lowest BCUT2D eigenvalue weighted by Gasteiger charge is -2.21. The summed E-state index contributed by atoms with van der Waals surface area (Å²) in [4.78, 5) is 18.5. The maximum atomic E-state index is 6.93. The van der Waals surface area contributed by atoms with Crippen molar-refractivity contribution < 1.29 is 4.42 Å². The van der Waals surface area contributed by atoms with Crippen LogP contribution in [0.15, 0.2) is 144 Å². The first-order chi connectivity index (χ1) is 24.8. The van der Waals surface area contributed by atoms with Crippen molar-refractivity contribution in [3.63, 3.8) is 0 Å². The van der Waals surface area contributed by atoms with E-state index in [-0.39, 0.29) is 0 Å². The quantitative estimate of drug-likeness (QED) is 0.192. The predicted octanol–water partition coefficient (Wildman–Crippen LogP) is 10.2. The van der Waals surface area contributed by atoms with E-state index in [1.54, 1.807) is 24.8 Å². The lowest BCUT2D eigenvalue weighted by Crippen LogP contribution is -2.07. The highest BCUT2D eigenvalue weighted by Crippen LogP contribution is 2.47. The van der Waals surface area contributed by atoms with Gasteiger partial charge in [0.15, 0.2) is 17.2 Å². The van der Waals surface area contributed by atoms with Gasteiger partial charge in [0.1, 0.15) is 5.58 Å². The predicted molar refractivity (Wildman–Crippen MR) is 200 cm³/mol. The van der Waals surface area contributed by atoms with E-state index in [1.807, 2.05) is 18.2 Å². The van der Waals surface area contributed by atoms with Crippen LogP contribution >= 0.6 is 0 Å². The number of para-hydroxylation sites is 2. The highest BCUT2D eigenvalue weighted by molar-refractivity contribution is 6.35. The molecule has 234 valence electrons. The van der Waals surface area contributed by atoms with Crippen molar-refractivity contribution in [2.75, 3.05) is 0 Å². The van der Waals surface area contributed by atoms with E-state index in [0.29, 0.717) is 11.6 Å². The molecule has 0 spiro atoms. The lowest BCUT2D eigenvalue weighted by atomic mass is 9.83. The molecule has 0 fully saturated rings. The van der Waals surface area contributed by atoms with Gasteiger partial charge in [-0.15, -0.1) is 0 Å². The van der Waals surface area contributed by atoms with Gasteiger partial charge in [0, 0.05) is 63.1 Å². The third kappa shape index (κ3) is 3.96. The Hall–Kier alpha value is -6.66. The second-order valence-corrected chi connectivity index (χ2v) is 13.1. The van der Waals surface area contributed by atoms with Crippen LogP contribution in [0.4, 0.5) is 0 Å². The van der Waals surface area contributed by atoms with Crippen LogP contribution in [-0.4, -0.2) is 24.5 Å². The second kappa shape index (κ2) is 10.4. The van der Waals surface area contributed by atoms with Crippen molar-refractivity contribution in [1.82, 2.24) is 24.5 Å². The van der Waals surface area contributed by atoms with Crippen LogP contribution in [0.1, 0.15) is 22.3 Å². The molecule has 6 heteroatoms. The Morgan fingerprint density at radius 3 is 1.70 bits per heavy atom. The SMILES string of the molecule is c1cnc(-c2cc(-c3ncccn3)cc(-n3c4ccccc4c4c5cc6c(cc5c5c7ccccc7oc5c43)Cc3ccccc3C6)c2)nc1. The van der Waals surface area contributed by atoms with Crippen LogP contribution in [0.25, 0.3) is 83.0 Å². The molecule has 1 aliphatic rings. The summed E-state index contributed by atoms with van der Waals surface area (Å²) >= 11 is 0. The molecule has 0 unspecified atom stereocenters. The highest BCUT2D eigenvalue weighted by atomic mass is 16.3. The largest absolute Gasteiger partial charge is 0.454 e. The summed E-state index contributed by atoms with van der Waals surface area (Å²) in [5.74, 6) is 1.28. The molecule has 10 aromatic rings. The fourth-order valence-corrected chi connectivity index (χ4v) is 8.12. The van der Waals surface area contributed by atoms with Gasteiger partial charge >= 0.3 is 0 Å². The van der Waals surface area contributed by atoms with Gasteiger partial charge in [-0.25, -0.2) is 19.9 Å². The smallest absolute Gasteiger partial charge is 0.160 e. The van der Waals surface area contributed by atoms with Crippen molar-refractivity contribution in [1.29, 1.82) is 0 Å². The van der Waals surface area contributed by atoms with E-state index in [9.17, 15) is 0 Å². The summed E-state index contributed by atoms with van der Waals surface area (Å²) in [6, 6.07) is 40.9. The molecule has 0 atom stereocenters. The van der Waals surface area contributed by atoms with Gasteiger partial charge in [-0.1, -0.05) is 60.7 Å². The molecule has 11 rings (SSSR count). The third-order valence-corrected chi connectivity index (χ3v) is 10.3. The molecule has 6 aromatic carbocycles. The fraction of sp³-hybridized carbons (Fsp3) is 0.0455.